The van der Waals surface area contributed by atoms with E-state index in [9.17, 15) is 23.6 Å². The first-order valence-corrected chi connectivity index (χ1v) is 22.4. The maximum atomic E-state index is 15.5. The summed E-state index contributed by atoms with van der Waals surface area (Å²) in [5.74, 6) is -0.503. The minimum Gasteiger partial charge on any atom is -0.493 e. The lowest BCUT2D eigenvalue weighted by Gasteiger charge is -2.38. The summed E-state index contributed by atoms with van der Waals surface area (Å²) in [6.45, 7) is 5.68. The van der Waals surface area contributed by atoms with E-state index in [0.717, 1.165) is 70.0 Å². The largest absolute Gasteiger partial charge is 0.493 e. The third-order valence-electron chi connectivity index (χ3n) is 13.3. The lowest BCUT2D eigenvalue weighted by atomic mass is 9.90. The predicted molar refractivity (Wildman–Crippen MR) is 241 cm³/mol. The minimum absolute atomic E-state index is 0.0718. The number of carbonyl (C=O) groups excluding carboxylic acids is 4. The van der Waals surface area contributed by atoms with Crippen LogP contribution in [0.3, 0.4) is 0 Å². The van der Waals surface area contributed by atoms with Gasteiger partial charge in [-0.1, -0.05) is 12.1 Å². The highest BCUT2D eigenvalue weighted by molar-refractivity contribution is 6.17. The average Bonchev–Trinajstić information content (AvgIpc) is 4.14. The maximum absolute atomic E-state index is 15.5. The first-order chi connectivity index (χ1) is 31.5. The molecule has 1 atom stereocenters. The zero-order chi connectivity index (χ0) is 45.1. The van der Waals surface area contributed by atoms with Gasteiger partial charge in [0.2, 0.25) is 23.6 Å². The highest BCUT2D eigenvalue weighted by Crippen LogP contribution is 2.48. The van der Waals surface area contributed by atoms with Crippen molar-refractivity contribution in [1.29, 1.82) is 0 Å². The van der Waals surface area contributed by atoms with E-state index in [2.05, 4.69) is 42.9 Å². The fourth-order valence-corrected chi connectivity index (χ4v) is 9.20. The Labute approximate surface area is 375 Å². The van der Waals surface area contributed by atoms with Crippen LogP contribution >= 0.6 is 0 Å². The summed E-state index contributed by atoms with van der Waals surface area (Å²) in [4.78, 5) is 59.6. The molecule has 3 aliphatic heterocycles. The van der Waals surface area contributed by atoms with Gasteiger partial charge in [-0.2, -0.15) is 0 Å². The highest BCUT2D eigenvalue weighted by Gasteiger charge is 2.56. The zero-order valence-electron chi connectivity index (χ0n) is 36.2. The van der Waals surface area contributed by atoms with E-state index >= 15 is 4.39 Å². The zero-order valence-corrected chi connectivity index (χ0v) is 36.2. The number of pyridine rings is 1. The monoisotopic (exact) mass is 886 g/mol. The number of nitrogens with one attached hydrogen (secondary N) is 3. The third-order valence-corrected chi connectivity index (χ3v) is 13.3. The number of rotatable bonds is 14. The number of piperidine rings is 3. The second-order valence-electron chi connectivity index (χ2n) is 17.7. The Hall–Kier alpha value is -6.61. The number of likely N-dealkylation sites (tertiary alicyclic amines) is 1. The molecule has 9 rings (SSSR count). The van der Waals surface area contributed by atoms with Gasteiger partial charge in [-0.25, -0.2) is 8.78 Å². The van der Waals surface area contributed by atoms with E-state index in [1.807, 2.05) is 18.2 Å². The van der Waals surface area contributed by atoms with Crippen molar-refractivity contribution >= 4 is 51.6 Å². The minimum atomic E-state index is -1.29. The maximum Gasteiger partial charge on any atom is 0.240 e. The van der Waals surface area contributed by atoms with Gasteiger partial charge < -0.3 is 34.6 Å². The van der Waals surface area contributed by atoms with Crippen molar-refractivity contribution in [2.75, 3.05) is 62.0 Å². The van der Waals surface area contributed by atoms with Gasteiger partial charge in [0.25, 0.3) is 0 Å². The van der Waals surface area contributed by atoms with Crippen LogP contribution in [0.2, 0.25) is 0 Å². The van der Waals surface area contributed by atoms with Crippen LogP contribution in [0.15, 0.2) is 91.1 Å². The first kappa shape index (κ1) is 43.6. The molecule has 0 bridgehead atoms. The molecule has 5 aromatic rings. The molecule has 4 aliphatic rings. The summed E-state index contributed by atoms with van der Waals surface area (Å²) in [7, 11) is 1.57. The number of carbonyl (C=O) groups is 4. The number of aromatic nitrogens is 1. The average molecular weight is 887 g/mol. The number of nitrogens with zero attached hydrogens (tertiary/aromatic N) is 3. The van der Waals surface area contributed by atoms with Crippen molar-refractivity contribution in [3.63, 3.8) is 0 Å². The second kappa shape index (κ2) is 18.9. The lowest BCUT2D eigenvalue weighted by Crippen LogP contribution is -2.42. The van der Waals surface area contributed by atoms with E-state index in [-0.39, 0.29) is 29.2 Å². The van der Waals surface area contributed by atoms with Crippen LogP contribution < -0.4 is 35.1 Å². The van der Waals surface area contributed by atoms with Gasteiger partial charge in [0.1, 0.15) is 17.0 Å². The molecule has 3 N–H and O–H groups in total. The summed E-state index contributed by atoms with van der Waals surface area (Å²) in [5.41, 5.74) is 1.96. The molecule has 3 saturated heterocycles. The van der Waals surface area contributed by atoms with Crippen LogP contribution in [0.5, 0.6) is 23.0 Å². The van der Waals surface area contributed by atoms with Gasteiger partial charge >= 0.3 is 0 Å². The van der Waals surface area contributed by atoms with Gasteiger partial charge in [-0.3, -0.25) is 29.5 Å². The Morgan fingerprint density at radius 3 is 2.14 bits per heavy atom. The van der Waals surface area contributed by atoms with Crippen LogP contribution in [0.1, 0.15) is 62.8 Å². The molecule has 65 heavy (non-hydrogen) atoms. The first-order valence-electron chi connectivity index (χ1n) is 22.4. The Morgan fingerprint density at radius 1 is 0.769 bits per heavy atom. The van der Waals surface area contributed by atoms with Crippen molar-refractivity contribution in [2.24, 2.45) is 17.3 Å². The molecule has 4 fully saturated rings. The number of anilines is 3. The van der Waals surface area contributed by atoms with Gasteiger partial charge in [0.15, 0.2) is 23.1 Å². The number of hydrogen-bond acceptors (Lipinski definition) is 10. The number of hydrogen-bond donors (Lipinski definition) is 3. The summed E-state index contributed by atoms with van der Waals surface area (Å²) >= 11 is 0. The molecule has 0 radical (unpaired) electrons. The second-order valence-corrected chi connectivity index (χ2v) is 17.7. The van der Waals surface area contributed by atoms with Gasteiger partial charge in [-0.05, 0) is 136 Å². The fourth-order valence-electron chi connectivity index (χ4n) is 9.20. The van der Waals surface area contributed by atoms with E-state index in [4.69, 9.17) is 14.2 Å². The quantitative estimate of drug-likeness (QED) is 0.0736. The third kappa shape index (κ3) is 9.90. The van der Waals surface area contributed by atoms with Gasteiger partial charge in [0.05, 0.1) is 25.2 Å². The molecule has 15 heteroatoms. The molecule has 0 unspecified atom stereocenters. The summed E-state index contributed by atoms with van der Waals surface area (Å²) < 4.78 is 46.9. The Balaban J connectivity index is 0.740. The van der Waals surface area contributed by atoms with Crippen LogP contribution in [0.4, 0.5) is 25.8 Å². The number of amides is 4. The molecule has 13 nitrogen and oxygen atoms in total. The van der Waals surface area contributed by atoms with Crippen molar-refractivity contribution in [3.05, 3.63) is 108 Å². The van der Waals surface area contributed by atoms with E-state index in [0.29, 0.717) is 78.0 Å². The number of benzene rings is 4. The number of fused-ring (bicyclic) bond motifs is 1. The molecule has 4 amide bonds. The summed E-state index contributed by atoms with van der Waals surface area (Å²) in [6.07, 6.45) is 7.51. The van der Waals surface area contributed by atoms with E-state index < -0.39 is 28.9 Å². The fraction of sp³-hybridized carbons (Fsp3) is 0.380. The van der Waals surface area contributed by atoms with E-state index in [1.165, 1.54) is 42.1 Å². The van der Waals surface area contributed by atoms with Gasteiger partial charge in [-0.15, -0.1) is 0 Å². The van der Waals surface area contributed by atoms with Crippen LogP contribution in [0, 0.1) is 28.9 Å². The van der Waals surface area contributed by atoms with Crippen molar-refractivity contribution in [2.45, 2.75) is 57.3 Å². The standard InChI is InChI=1S/C50H52F2N6O7/c1-63-44-27-39-41(53-21-14-42(39)65-43-12-8-36(26-40(43)52)55-49(62)50(19-20-50)48(61)54-35-6-4-34(51)5-7-35)28-45(44)64-30-32-15-22-57(23-16-32)29-31-17-24-58(25-18-31)37-9-2-33(3-10-37)38-11-13-46(59)56-47(38)60/h2-10,12,14,21,26-28,31-32,38H,11,13,15-20,22-25,29-30H2,1H3,(H,54,61)(H,55,62)(H,56,59,60)/t38-/m0/s1. The molecule has 1 aromatic heterocycles. The van der Waals surface area contributed by atoms with Crippen molar-refractivity contribution in [1.82, 2.24) is 15.2 Å². The number of halogens is 2. The number of methoxy groups -OCH3 is 1. The smallest absolute Gasteiger partial charge is 0.240 e. The topological polar surface area (TPSA) is 151 Å². The van der Waals surface area contributed by atoms with Crippen molar-refractivity contribution in [3.8, 4) is 23.0 Å². The van der Waals surface area contributed by atoms with Gasteiger partial charge in [0, 0.05) is 66.8 Å². The molecular formula is C50H52F2N6O7. The number of imide groups is 1. The molecule has 4 aromatic carbocycles. The van der Waals surface area contributed by atoms with Crippen LogP contribution in [0.25, 0.3) is 10.9 Å². The molecule has 1 aliphatic carbocycles. The Morgan fingerprint density at radius 2 is 1.46 bits per heavy atom. The summed E-state index contributed by atoms with van der Waals surface area (Å²) in [6, 6.07) is 22.8. The molecule has 0 spiro atoms. The normalized spacial score (nSPS) is 19.1. The SMILES string of the molecule is COc1cc2c(Oc3ccc(NC(=O)C4(C(=O)Nc5ccc(F)cc5)CC4)cc3F)ccnc2cc1OCC1CCN(CC2CCN(c3ccc([C@@H]4CCC(=O)NC4=O)cc3)CC2)CC1. The molecule has 338 valence electrons. The van der Waals surface area contributed by atoms with E-state index in [1.54, 1.807) is 25.4 Å². The Kier molecular flexibility index (Phi) is 12.7. The molecule has 4 heterocycles. The van der Waals surface area contributed by atoms with Crippen LogP contribution in [-0.2, 0) is 19.2 Å². The Bertz CT molecular complexity index is 2570. The molecule has 1 saturated carbocycles. The lowest BCUT2D eigenvalue weighted by molar-refractivity contribution is -0.134. The van der Waals surface area contributed by atoms with Crippen molar-refractivity contribution < 1.29 is 42.2 Å². The highest BCUT2D eigenvalue weighted by atomic mass is 19.1. The summed E-state index contributed by atoms with van der Waals surface area (Å²) in [5, 5.41) is 8.38. The molecular weight excluding hydrogens is 835 g/mol. The van der Waals surface area contributed by atoms with Crippen LogP contribution in [-0.4, -0.2) is 80.0 Å². The predicted octanol–water partition coefficient (Wildman–Crippen LogP) is 8.20. The number of ether oxygens (including phenoxy) is 3.